The summed E-state index contributed by atoms with van der Waals surface area (Å²) < 4.78 is 1.92. The molecule has 1 fully saturated rings. The Labute approximate surface area is 115 Å². The van der Waals surface area contributed by atoms with Gasteiger partial charge in [-0.2, -0.15) is 5.10 Å². The summed E-state index contributed by atoms with van der Waals surface area (Å²) in [7, 11) is 0. The maximum absolute atomic E-state index is 12.1. The van der Waals surface area contributed by atoms with Gasteiger partial charge in [0.1, 0.15) is 0 Å². The Morgan fingerprint density at radius 2 is 2.47 bits per heavy atom. The Bertz CT molecular complexity index is 564. The van der Waals surface area contributed by atoms with Crippen LogP contribution in [0, 0.1) is 6.92 Å². The lowest BCUT2D eigenvalue weighted by Crippen LogP contribution is -2.33. The van der Waals surface area contributed by atoms with Gasteiger partial charge in [0.2, 0.25) is 0 Å². The smallest absolute Gasteiger partial charge is 0.322 e. The lowest BCUT2D eigenvalue weighted by atomic mass is 10.3. The van der Waals surface area contributed by atoms with E-state index in [2.05, 4.69) is 15.4 Å². The van der Waals surface area contributed by atoms with Gasteiger partial charge in [0.15, 0.2) is 5.13 Å². The minimum absolute atomic E-state index is 0.0796. The van der Waals surface area contributed by atoms with E-state index >= 15 is 0 Å². The Morgan fingerprint density at radius 3 is 3.16 bits per heavy atom. The number of aromatic nitrogens is 3. The molecule has 1 unspecified atom stereocenters. The molecule has 6 nitrogen and oxygen atoms in total. The SMILES string of the molecule is Cc1cnc(NC(=O)N2CCC(n3cccn3)C2)s1. The Balaban J connectivity index is 1.60. The number of amides is 2. The highest BCUT2D eigenvalue weighted by molar-refractivity contribution is 7.15. The molecule has 1 atom stereocenters. The van der Waals surface area contributed by atoms with Crippen molar-refractivity contribution in [3.05, 3.63) is 29.5 Å². The molecule has 0 aromatic carbocycles. The zero-order valence-corrected chi connectivity index (χ0v) is 11.4. The highest BCUT2D eigenvalue weighted by Crippen LogP contribution is 2.22. The van der Waals surface area contributed by atoms with E-state index in [0.29, 0.717) is 11.7 Å². The predicted octanol–water partition coefficient (Wildman–Crippen LogP) is 2.13. The lowest BCUT2D eigenvalue weighted by Gasteiger charge is -2.16. The van der Waals surface area contributed by atoms with Crippen LogP contribution in [0.5, 0.6) is 0 Å². The van der Waals surface area contributed by atoms with Gasteiger partial charge in [-0.1, -0.05) is 0 Å². The number of rotatable bonds is 2. The third kappa shape index (κ3) is 2.60. The molecule has 1 aliphatic heterocycles. The van der Waals surface area contributed by atoms with Gasteiger partial charge in [0, 0.05) is 36.6 Å². The Hall–Kier alpha value is -1.89. The second-order valence-corrected chi connectivity index (χ2v) is 5.82. The number of nitrogens with one attached hydrogen (secondary N) is 1. The van der Waals surface area contributed by atoms with Crippen LogP contribution in [0.15, 0.2) is 24.7 Å². The summed E-state index contributed by atoms with van der Waals surface area (Å²) >= 11 is 1.49. The molecule has 3 rings (SSSR count). The molecular formula is C12H15N5OS. The molecule has 19 heavy (non-hydrogen) atoms. The Kier molecular flexibility index (Phi) is 3.20. The van der Waals surface area contributed by atoms with Crippen molar-refractivity contribution in [2.45, 2.75) is 19.4 Å². The zero-order chi connectivity index (χ0) is 13.2. The monoisotopic (exact) mass is 277 g/mol. The van der Waals surface area contributed by atoms with E-state index in [1.54, 1.807) is 12.4 Å². The summed E-state index contributed by atoms with van der Waals surface area (Å²) in [6.45, 7) is 3.41. The number of likely N-dealkylation sites (tertiary alicyclic amines) is 1. The van der Waals surface area contributed by atoms with Gasteiger partial charge in [-0.15, -0.1) is 11.3 Å². The highest BCUT2D eigenvalue weighted by Gasteiger charge is 2.27. The van der Waals surface area contributed by atoms with Gasteiger partial charge in [-0.05, 0) is 19.4 Å². The van der Waals surface area contributed by atoms with Gasteiger partial charge in [-0.3, -0.25) is 10.00 Å². The summed E-state index contributed by atoms with van der Waals surface area (Å²) in [6.07, 6.45) is 6.40. The molecule has 2 amide bonds. The number of hydrogen-bond acceptors (Lipinski definition) is 4. The van der Waals surface area contributed by atoms with Crippen molar-refractivity contribution >= 4 is 22.5 Å². The van der Waals surface area contributed by atoms with Crippen LogP contribution in [0.1, 0.15) is 17.3 Å². The predicted molar refractivity (Wildman–Crippen MR) is 73.3 cm³/mol. The average molecular weight is 277 g/mol. The number of nitrogens with zero attached hydrogens (tertiary/aromatic N) is 4. The van der Waals surface area contributed by atoms with E-state index in [9.17, 15) is 4.79 Å². The minimum atomic E-state index is -0.0796. The van der Waals surface area contributed by atoms with Crippen LogP contribution < -0.4 is 5.32 Å². The van der Waals surface area contributed by atoms with Crippen molar-refractivity contribution in [2.24, 2.45) is 0 Å². The Morgan fingerprint density at radius 1 is 1.58 bits per heavy atom. The van der Waals surface area contributed by atoms with Crippen LogP contribution in [-0.2, 0) is 0 Å². The largest absolute Gasteiger partial charge is 0.323 e. The normalized spacial score (nSPS) is 18.8. The number of carbonyl (C=O) groups is 1. The number of anilines is 1. The fourth-order valence-corrected chi connectivity index (χ4v) is 2.88. The van der Waals surface area contributed by atoms with Crippen molar-refractivity contribution in [3.63, 3.8) is 0 Å². The van der Waals surface area contributed by atoms with Crippen LogP contribution in [0.3, 0.4) is 0 Å². The van der Waals surface area contributed by atoms with Gasteiger partial charge in [0.05, 0.1) is 6.04 Å². The first kappa shape index (κ1) is 12.2. The molecule has 0 bridgehead atoms. The second-order valence-electron chi connectivity index (χ2n) is 4.58. The molecule has 0 saturated carbocycles. The number of carbonyl (C=O) groups excluding carboxylic acids is 1. The minimum Gasteiger partial charge on any atom is -0.322 e. The third-order valence-corrected chi connectivity index (χ3v) is 4.01. The molecular weight excluding hydrogens is 262 g/mol. The molecule has 100 valence electrons. The average Bonchev–Trinajstić information content (AvgIpc) is 3.08. The first-order chi connectivity index (χ1) is 9.22. The first-order valence-corrected chi connectivity index (χ1v) is 7.01. The van der Waals surface area contributed by atoms with Crippen molar-refractivity contribution < 1.29 is 4.79 Å². The zero-order valence-electron chi connectivity index (χ0n) is 10.6. The van der Waals surface area contributed by atoms with Gasteiger partial charge in [0.25, 0.3) is 0 Å². The van der Waals surface area contributed by atoms with Crippen LogP contribution in [0.4, 0.5) is 9.93 Å². The van der Waals surface area contributed by atoms with Crippen molar-refractivity contribution in [2.75, 3.05) is 18.4 Å². The van der Waals surface area contributed by atoms with E-state index in [-0.39, 0.29) is 12.1 Å². The topological polar surface area (TPSA) is 63.1 Å². The molecule has 7 heteroatoms. The number of aryl methyl sites for hydroxylation is 1. The highest BCUT2D eigenvalue weighted by atomic mass is 32.1. The summed E-state index contributed by atoms with van der Waals surface area (Å²) in [6, 6.07) is 2.10. The van der Waals surface area contributed by atoms with Crippen LogP contribution in [0.25, 0.3) is 0 Å². The molecule has 0 aliphatic carbocycles. The quantitative estimate of drug-likeness (QED) is 0.914. The second kappa shape index (κ2) is 5.00. The summed E-state index contributed by atoms with van der Waals surface area (Å²) in [4.78, 5) is 19.1. The molecule has 2 aromatic rings. The van der Waals surface area contributed by atoms with Crippen molar-refractivity contribution in [1.82, 2.24) is 19.7 Å². The molecule has 0 radical (unpaired) electrons. The van der Waals surface area contributed by atoms with Gasteiger partial charge in [-0.25, -0.2) is 9.78 Å². The molecule has 2 aromatic heterocycles. The van der Waals surface area contributed by atoms with E-state index in [1.807, 2.05) is 28.8 Å². The number of thiazole rings is 1. The van der Waals surface area contributed by atoms with E-state index in [4.69, 9.17) is 0 Å². The maximum Gasteiger partial charge on any atom is 0.323 e. The number of urea groups is 1. The fourth-order valence-electron chi connectivity index (χ4n) is 2.22. The van der Waals surface area contributed by atoms with Gasteiger partial charge < -0.3 is 4.90 Å². The molecule has 1 N–H and O–H groups in total. The fraction of sp³-hybridized carbons (Fsp3) is 0.417. The molecule has 1 aliphatic rings. The van der Waals surface area contributed by atoms with Crippen LogP contribution in [0.2, 0.25) is 0 Å². The third-order valence-electron chi connectivity index (χ3n) is 3.18. The standard InChI is InChI=1S/C12H15N5OS/c1-9-7-13-11(19-9)15-12(18)16-6-3-10(8-16)17-5-2-4-14-17/h2,4-5,7,10H,3,6,8H2,1H3,(H,13,15,18). The van der Waals surface area contributed by atoms with Crippen LogP contribution in [-0.4, -0.2) is 38.8 Å². The maximum atomic E-state index is 12.1. The summed E-state index contributed by atoms with van der Waals surface area (Å²) in [5.41, 5.74) is 0. The molecule has 0 spiro atoms. The van der Waals surface area contributed by atoms with Gasteiger partial charge >= 0.3 is 6.03 Å². The summed E-state index contributed by atoms with van der Waals surface area (Å²) in [5, 5.41) is 7.72. The first-order valence-electron chi connectivity index (χ1n) is 6.20. The van der Waals surface area contributed by atoms with Crippen molar-refractivity contribution in [1.29, 1.82) is 0 Å². The summed E-state index contributed by atoms with van der Waals surface area (Å²) in [5.74, 6) is 0. The van der Waals surface area contributed by atoms with E-state index < -0.39 is 0 Å². The van der Waals surface area contributed by atoms with Crippen molar-refractivity contribution in [3.8, 4) is 0 Å². The molecule has 1 saturated heterocycles. The number of hydrogen-bond donors (Lipinski definition) is 1. The van der Waals surface area contributed by atoms with E-state index in [1.165, 1.54) is 11.3 Å². The molecule has 3 heterocycles. The van der Waals surface area contributed by atoms with Crippen LogP contribution >= 0.6 is 11.3 Å². The van der Waals surface area contributed by atoms with E-state index in [0.717, 1.165) is 17.8 Å². The lowest BCUT2D eigenvalue weighted by molar-refractivity contribution is 0.220.